The fourth-order valence-electron chi connectivity index (χ4n) is 2.55. The highest BCUT2D eigenvalue weighted by molar-refractivity contribution is 5.91. The summed E-state index contributed by atoms with van der Waals surface area (Å²) < 4.78 is 0. The Morgan fingerprint density at radius 1 is 1.40 bits per heavy atom. The second-order valence-corrected chi connectivity index (χ2v) is 5.92. The summed E-state index contributed by atoms with van der Waals surface area (Å²) in [4.78, 5) is 14.2. The summed E-state index contributed by atoms with van der Waals surface area (Å²) in [6, 6.07) is 6.16. The summed E-state index contributed by atoms with van der Waals surface area (Å²) in [5, 5.41) is 2.98. The van der Waals surface area contributed by atoms with Gasteiger partial charge in [0.25, 0.3) is 0 Å². The van der Waals surface area contributed by atoms with Crippen molar-refractivity contribution in [2.75, 3.05) is 18.4 Å². The van der Waals surface area contributed by atoms with Crippen LogP contribution in [0.5, 0.6) is 0 Å². The van der Waals surface area contributed by atoms with Crippen LogP contribution in [0.25, 0.3) is 0 Å². The molecule has 1 aliphatic heterocycles. The minimum absolute atomic E-state index is 0.00142. The molecule has 0 aromatic heterocycles. The Balaban J connectivity index is 2.02. The van der Waals surface area contributed by atoms with Crippen LogP contribution in [0.3, 0.4) is 0 Å². The van der Waals surface area contributed by atoms with Crippen LogP contribution >= 0.6 is 0 Å². The van der Waals surface area contributed by atoms with E-state index in [0.29, 0.717) is 13.0 Å². The molecule has 0 radical (unpaired) electrons. The highest BCUT2D eigenvalue weighted by Gasteiger charge is 2.21. The van der Waals surface area contributed by atoms with Gasteiger partial charge in [-0.15, -0.1) is 0 Å². The topological polar surface area (TPSA) is 58.4 Å². The van der Waals surface area contributed by atoms with Gasteiger partial charge in [-0.3, -0.25) is 9.69 Å². The summed E-state index contributed by atoms with van der Waals surface area (Å²) in [6.07, 6.45) is 1.59. The van der Waals surface area contributed by atoms with Crippen LogP contribution in [0.1, 0.15) is 37.8 Å². The van der Waals surface area contributed by atoms with Crippen molar-refractivity contribution in [1.82, 2.24) is 4.90 Å². The maximum absolute atomic E-state index is 11.7. The first-order chi connectivity index (χ1) is 9.60. The Morgan fingerprint density at radius 3 is 2.90 bits per heavy atom. The first kappa shape index (κ1) is 15.0. The van der Waals surface area contributed by atoms with Gasteiger partial charge in [-0.2, -0.15) is 0 Å². The van der Waals surface area contributed by atoms with Crippen molar-refractivity contribution < 1.29 is 4.79 Å². The van der Waals surface area contributed by atoms with Crippen LogP contribution in [-0.4, -0.2) is 23.9 Å². The molecule has 1 heterocycles. The lowest BCUT2D eigenvalue weighted by molar-refractivity contribution is -0.116. The standard InChI is InChI=1S/C16H25N3O/c1-12(2)7-9-19-10-13-4-3-5-15(14(13)11-19)18-16(20)6-8-17/h3-5,12H,6-11,17H2,1-2H3,(H,18,20). The van der Waals surface area contributed by atoms with Crippen LogP contribution in [0.15, 0.2) is 18.2 Å². The van der Waals surface area contributed by atoms with Crippen molar-refractivity contribution in [3.63, 3.8) is 0 Å². The third-order valence-corrected chi connectivity index (χ3v) is 3.72. The van der Waals surface area contributed by atoms with Gasteiger partial charge in [0.1, 0.15) is 0 Å². The van der Waals surface area contributed by atoms with Crippen LogP contribution in [-0.2, 0) is 17.9 Å². The maximum Gasteiger partial charge on any atom is 0.225 e. The number of nitrogens with one attached hydrogen (secondary N) is 1. The lowest BCUT2D eigenvalue weighted by Gasteiger charge is -2.16. The van der Waals surface area contributed by atoms with E-state index in [0.717, 1.165) is 31.2 Å². The molecular weight excluding hydrogens is 250 g/mol. The summed E-state index contributed by atoms with van der Waals surface area (Å²) in [5.74, 6) is 0.726. The number of anilines is 1. The number of amides is 1. The van der Waals surface area contributed by atoms with Crippen molar-refractivity contribution in [3.05, 3.63) is 29.3 Å². The van der Waals surface area contributed by atoms with E-state index in [2.05, 4.69) is 30.1 Å². The highest BCUT2D eigenvalue weighted by Crippen LogP contribution is 2.29. The molecule has 3 N–H and O–H groups in total. The SMILES string of the molecule is CC(C)CCN1Cc2cccc(NC(=O)CCN)c2C1. The molecule has 4 nitrogen and oxygen atoms in total. The molecule has 110 valence electrons. The van der Waals surface area contributed by atoms with Crippen molar-refractivity contribution in [2.24, 2.45) is 11.7 Å². The van der Waals surface area contributed by atoms with Crippen molar-refractivity contribution in [2.45, 2.75) is 39.8 Å². The number of hydrogen-bond acceptors (Lipinski definition) is 3. The summed E-state index contributed by atoms with van der Waals surface area (Å²) >= 11 is 0. The predicted molar refractivity (Wildman–Crippen MR) is 82.3 cm³/mol. The van der Waals surface area contributed by atoms with E-state index < -0.39 is 0 Å². The molecule has 0 bridgehead atoms. The summed E-state index contributed by atoms with van der Waals surface area (Å²) in [5.41, 5.74) is 8.97. The van der Waals surface area contributed by atoms with Gasteiger partial charge >= 0.3 is 0 Å². The first-order valence-electron chi connectivity index (χ1n) is 7.43. The highest BCUT2D eigenvalue weighted by atomic mass is 16.1. The smallest absolute Gasteiger partial charge is 0.225 e. The minimum Gasteiger partial charge on any atom is -0.330 e. The van der Waals surface area contributed by atoms with E-state index in [1.807, 2.05) is 12.1 Å². The monoisotopic (exact) mass is 275 g/mol. The first-order valence-corrected chi connectivity index (χ1v) is 7.43. The average Bonchev–Trinajstić information content (AvgIpc) is 2.81. The van der Waals surface area contributed by atoms with Gasteiger partial charge in [0.2, 0.25) is 5.91 Å². The molecule has 2 rings (SSSR count). The van der Waals surface area contributed by atoms with Crippen LogP contribution < -0.4 is 11.1 Å². The Labute approximate surface area is 121 Å². The second kappa shape index (κ2) is 6.86. The Hall–Kier alpha value is -1.39. The average molecular weight is 275 g/mol. The number of carbonyl (C=O) groups excluding carboxylic acids is 1. The predicted octanol–water partition coefficient (Wildman–Crippen LogP) is 2.34. The summed E-state index contributed by atoms with van der Waals surface area (Å²) in [6.45, 7) is 7.93. The molecule has 1 aliphatic rings. The molecule has 0 saturated heterocycles. The summed E-state index contributed by atoms with van der Waals surface area (Å²) in [7, 11) is 0. The molecule has 4 heteroatoms. The fraction of sp³-hybridized carbons (Fsp3) is 0.562. The van der Waals surface area contributed by atoms with E-state index in [1.165, 1.54) is 17.5 Å². The van der Waals surface area contributed by atoms with E-state index in [4.69, 9.17) is 5.73 Å². The van der Waals surface area contributed by atoms with Crippen LogP contribution in [0.2, 0.25) is 0 Å². The molecule has 1 amide bonds. The van der Waals surface area contributed by atoms with Gasteiger partial charge < -0.3 is 11.1 Å². The zero-order valence-corrected chi connectivity index (χ0v) is 12.5. The van der Waals surface area contributed by atoms with Crippen LogP contribution in [0, 0.1) is 5.92 Å². The largest absolute Gasteiger partial charge is 0.330 e. The van der Waals surface area contributed by atoms with E-state index >= 15 is 0 Å². The lowest BCUT2D eigenvalue weighted by atomic mass is 10.1. The molecule has 1 aromatic rings. The fourth-order valence-corrected chi connectivity index (χ4v) is 2.55. The van der Waals surface area contributed by atoms with Gasteiger partial charge in [0.05, 0.1) is 0 Å². The minimum atomic E-state index is 0.00142. The zero-order valence-electron chi connectivity index (χ0n) is 12.5. The third-order valence-electron chi connectivity index (χ3n) is 3.72. The number of rotatable bonds is 6. The molecule has 0 aliphatic carbocycles. The van der Waals surface area contributed by atoms with E-state index in [-0.39, 0.29) is 5.91 Å². The Morgan fingerprint density at radius 2 is 2.20 bits per heavy atom. The van der Waals surface area contributed by atoms with Gasteiger partial charge in [-0.1, -0.05) is 26.0 Å². The normalized spacial score (nSPS) is 14.6. The number of carbonyl (C=O) groups is 1. The zero-order chi connectivity index (χ0) is 14.5. The number of fused-ring (bicyclic) bond motifs is 1. The molecular formula is C16H25N3O. The van der Waals surface area contributed by atoms with Gasteiger partial charge in [-0.25, -0.2) is 0 Å². The lowest BCUT2D eigenvalue weighted by Crippen LogP contribution is -2.20. The molecule has 20 heavy (non-hydrogen) atoms. The molecule has 0 unspecified atom stereocenters. The van der Waals surface area contributed by atoms with Gasteiger partial charge in [-0.05, 0) is 36.1 Å². The molecule has 0 saturated carbocycles. The number of hydrogen-bond donors (Lipinski definition) is 2. The van der Waals surface area contributed by atoms with Crippen molar-refractivity contribution in [1.29, 1.82) is 0 Å². The molecule has 0 atom stereocenters. The molecule has 0 fully saturated rings. The van der Waals surface area contributed by atoms with E-state index in [9.17, 15) is 4.79 Å². The van der Waals surface area contributed by atoms with Crippen molar-refractivity contribution in [3.8, 4) is 0 Å². The Kier molecular flexibility index (Phi) is 5.15. The van der Waals surface area contributed by atoms with Gasteiger partial charge in [0, 0.05) is 31.7 Å². The quantitative estimate of drug-likeness (QED) is 0.837. The maximum atomic E-state index is 11.7. The number of benzene rings is 1. The Bertz CT molecular complexity index is 471. The van der Waals surface area contributed by atoms with Crippen LogP contribution in [0.4, 0.5) is 5.69 Å². The second-order valence-electron chi connectivity index (χ2n) is 5.92. The third kappa shape index (κ3) is 3.81. The number of nitrogens with two attached hydrogens (primary N) is 1. The molecule has 0 spiro atoms. The van der Waals surface area contributed by atoms with Crippen molar-refractivity contribution >= 4 is 11.6 Å². The molecule has 1 aromatic carbocycles. The van der Waals surface area contributed by atoms with Gasteiger partial charge in [0.15, 0.2) is 0 Å². The van der Waals surface area contributed by atoms with E-state index in [1.54, 1.807) is 0 Å². The number of nitrogens with zero attached hydrogens (tertiary/aromatic N) is 1.